The van der Waals surface area contributed by atoms with Crippen LogP contribution in [0.2, 0.25) is 0 Å². The van der Waals surface area contributed by atoms with E-state index in [4.69, 9.17) is 4.98 Å². The van der Waals surface area contributed by atoms with Crippen LogP contribution in [0.3, 0.4) is 0 Å². The van der Waals surface area contributed by atoms with Crippen molar-refractivity contribution in [2.24, 2.45) is 5.92 Å². The zero-order valence-electron chi connectivity index (χ0n) is 19.4. The third-order valence-electron chi connectivity index (χ3n) is 5.90. The van der Waals surface area contributed by atoms with E-state index in [1.54, 1.807) is 0 Å². The fraction of sp³-hybridized carbons (Fsp3) is 0.440. The molecule has 0 amide bonds. The van der Waals surface area contributed by atoms with Crippen LogP contribution in [0.25, 0.3) is 22.6 Å². The number of H-pyrrole nitrogens is 2. The van der Waals surface area contributed by atoms with Gasteiger partial charge in [-0.05, 0) is 30.0 Å². The molecule has 0 spiro atoms. The number of benzene rings is 1. The molecule has 0 radical (unpaired) electrons. The van der Waals surface area contributed by atoms with Gasteiger partial charge in [-0.25, -0.2) is 4.98 Å². The molecule has 1 aliphatic carbocycles. The van der Waals surface area contributed by atoms with Gasteiger partial charge in [0.2, 0.25) is 0 Å². The number of piperazine rings is 1. The highest BCUT2D eigenvalue weighted by molar-refractivity contribution is 5.82. The molecular weight excluding hydrogens is 398 g/mol. The smallest absolute Gasteiger partial charge is 0.158 e. The fourth-order valence-electron chi connectivity index (χ4n) is 4.27. The lowest BCUT2D eigenvalue weighted by Crippen LogP contribution is -2.42. The number of hydrogen-bond acceptors (Lipinski definition) is 5. The average molecular weight is 434 g/mol. The Hall–Kier alpha value is -2.90. The minimum Gasteiger partial charge on any atom is -0.378 e. The van der Waals surface area contributed by atoms with Crippen LogP contribution in [0.4, 0.5) is 5.69 Å². The Labute approximate surface area is 190 Å². The van der Waals surface area contributed by atoms with Crippen LogP contribution in [0, 0.1) is 5.92 Å². The van der Waals surface area contributed by atoms with Gasteiger partial charge in [-0.1, -0.05) is 50.6 Å². The van der Waals surface area contributed by atoms with Crippen LogP contribution in [0.15, 0.2) is 48.2 Å². The van der Waals surface area contributed by atoms with Crippen molar-refractivity contribution in [1.82, 2.24) is 30.4 Å². The molecule has 2 aromatic heterocycles. The molecule has 1 fully saturated rings. The summed E-state index contributed by atoms with van der Waals surface area (Å²) in [5.74, 6) is 1.41. The van der Waals surface area contributed by atoms with Gasteiger partial charge >= 0.3 is 0 Å². The molecular formula is C25H35N7. The van der Waals surface area contributed by atoms with Crippen LogP contribution < -0.4 is 10.6 Å². The van der Waals surface area contributed by atoms with Gasteiger partial charge in [-0.15, -0.1) is 0 Å². The van der Waals surface area contributed by atoms with E-state index >= 15 is 0 Å². The van der Waals surface area contributed by atoms with Gasteiger partial charge in [-0.3, -0.25) is 10.00 Å². The van der Waals surface area contributed by atoms with Crippen molar-refractivity contribution in [2.45, 2.75) is 33.7 Å². The quantitative estimate of drug-likeness (QED) is 0.465. The van der Waals surface area contributed by atoms with E-state index in [1.165, 1.54) is 11.1 Å². The molecule has 1 saturated heterocycles. The number of nitrogens with one attached hydrogen (secondary N) is 4. The molecule has 1 atom stereocenters. The van der Waals surface area contributed by atoms with Gasteiger partial charge in [-0.2, -0.15) is 5.10 Å². The normalized spacial score (nSPS) is 18.8. The Morgan fingerprint density at radius 2 is 2.03 bits per heavy atom. The van der Waals surface area contributed by atoms with E-state index in [-0.39, 0.29) is 0 Å². The van der Waals surface area contributed by atoms with E-state index in [2.05, 4.69) is 74.1 Å². The lowest BCUT2D eigenvalue weighted by molar-refractivity contribution is 0.233. The molecule has 5 rings (SSSR count). The van der Waals surface area contributed by atoms with E-state index in [0.29, 0.717) is 5.92 Å². The first-order valence-corrected chi connectivity index (χ1v) is 11.8. The van der Waals surface area contributed by atoms with Gasteiger partial charge in [0, 0.05) is 39.3 Å². The predicted octanol–water partition coefficient (Wildman–Crippen LogP) is 4.32. The van der Waals surface area contributed by atoms with Crippen molar-refractivity contribution in [3.05, 3.63) is 53.8 Å². The van der Waals surface area contributed by atoms with Gasteiger partial charge < -0.3 is 15.6 Å². The third-order valence-corrected chi connectivity index (χ3v) is 5.90. The zero-order valence-corrected chi connectivity index (χ0v) is 19.4. The van der Waals surface area contributed by atoms with Crippen molar-refractivity contribution in [3.63, 3.8) is 0 Å². The molecule has 0 saturated carbocycles. The molecule has 4 N–H and O–H groups in total. The molecule has 3 heterocycles. The maximum atomic E-state index is 4.79. The molecule has 1 unspecified atom stereocenters. The first-order valence-electron chi connectivity index (χ1n) is 11.8. The first kappa shape index (κ1) is 22.3. The minimum atomic E-state index is 0.599. The first-order chi connectivity index (χ1) is 15.7. The summed E-state index contributed by atoms with van der Waals surface area (Å²) in [6, 6.07) is 6.51. The number of imidazole rings is 1. The molecule has 32 heavy (non-hydrogen) atoms. The highest BCUT2D eigenvalue weighted by Crippen LogP contribution is 2.27. The minimum absolute atomic E-state index is 0.599. The average Bonchev–Trinajstić information content (AvgIpc) is 3.46. The van der Waals surface area contributed by atoms with Crippen molar-refractivity contribution < 1.29 is 0 Å². The lowest BCUT2D eigenvalue weighted by Gasteiger charge is -2.27. The van der Waals surface area contributed by atoms with Crippen molar-refractivity contribution in [1.29, 1.82) is 0 Å². The van der Waals surface area contributed by atoms with Crippen LogP contribution in [0.5, 0.6) is 0 Å². The Kier molecular flexibility index (Phi) is 7.39. The molecule has 2 aliphatic rings. The Balaban J connectivity index is 0.00000119. The summed E-state index contributed by atoms with van der Waals surface area (Å²) in [7, 11) is 0. The number of anilines is 1. The van der Waals surface area contributed by atoms with Crippen LogP contribution >= 0.6 is 0 Å². The fourth-order valence-corrected chi connectivity index (χ4v) is 4.27. The molecule has 1 aliphatic heterocycles. The molecule has 7 heteroatoms. The summed E-state index contributed by atoms with van der Waals surface area (Å²) in [6.07, 6.45) is 9.53. The second-order valence-corrected chi connectivity index (χ2v) is 8.37. The maximum Gasteiger partial charge on any atom is 0.158 e. The van der Waals surface area contributed by atoms with Crippen molar-refractivity contribution in [3.8, 4) is 11.5 Å². The maximum absolute atomic E-state index is 4.79. The number of allylic oxidation sites excluding steroid dienone is 3. The van der Waals surface area contributed by atoms with Gasteiger partial charge in [0.05, 0.1) is 22.9 Å². The molecule has 170 valence electrons. The largest absolute Gasteiger partial charge is 0.378 e. The molecule has 3 aromatic rings. The SMILES string of the molecule is CC.CC1C=CC=C(CNc2cn[nH]c2-c2nc3ccc(CN4CCNCC4)cc3[nH]2)C1. The number of rotatable bonds is 6. The monoisotopic (exact) mass is 433 g/mol. The summed E-state index contributed by atoms with van der Waals surface area (Å²) >= 11 is 0. The van der Waals surface area contributed by atoms with E-state index in [0.717, 1.165) is 73.9 Å². The molecule has 0 bridgehead atoms. The Morgan fingerprint density at radius 1 is 1.19 bits per heavy atom. The van der Waals surface area contributed by atoms with E-state index in [1.807, 2.05) is 20.0 Å². The topological polar surface area (TPSA) is 84.7 Å². The Morgan fingerprint density at radius 3 is 2.84 bits per heavy atom. The highest BCUT2D eigenvalue weighted by Gasteiger charge is 2.15. The number of hydrogen-bond donors (Lipinski definition) is 4. The third kappa shape index (κ3) is 5.29. The predicted molar refractivity (Wildman–Crippen MR) is 133 cm³/mol. The second kappa shape index (κ2) is 10.6. The highest BCUT2D eigenvalue weighted by atomic mass is 15.2. The summed E-state index contributed by atoms with van der Waals surface area (Å²) in [6.45, 7) is 12.4. The van der Waals surface area contributed by atoms with E-state index in [9.17, 15) is 0 Å². The lowest BCUT2D eigenvalue weighted by atomic mass is 9.96. The number of fused-ring (bicyclic) bond motifs is 1. The van der Waals surface area contributed by atoms with Crippen LogP contribution in [-0.4, -0.2) is 57.8 Å². The summed E-state index contributed by atoms with van der Waals surface area (Å²) in [5, 5.41) is 14.3. The second-order valence-electron chi connectivity index (χ2n) is 8.37. The van der Waals surface area contributed by atoms with Gasteiger partial charge in [0.15, 0.2) is 5.82 Å². The molecule has 1 aromatic carbocycles. The van der Waals surface area contributed by atoms with E-state index < -0.39 is 0 Å². The summed E-state index contributed by atoms with van der Waals surface area (Å²) in [5.41, 5.74) is 6.62. The standard InChI is InChI=1S/C23H29N7.C2H6/c1-16-3-2-4-17(11-16)13-25-21-14-26-29-22(21)23-27-19-6-5-18(12-20(19)28-23)15-30-9-7-24-8-10-30;1-2/h2-6,12,14,16,24-25H,7-11,13,15H2,1H3,(H,26,29)(H,27,28);1-2H3. The van der Waals surface area contributed by atoms with Crippen molar-refractivity contribution in [2.75, 3.05) is 38.0 Å². The van der Waals surface area contributed by atoms with Crippen LogP contribution in [-0.2, 0) is 6.54 Å². The van der Waals surface area contributed by atoms with Crippen LogP contribution in [0.1, 0.15) is 32.8 Å². The van der Waals surface area contributed by atoms with Gasteiger partial charge in [0.25, 0.3) is 0 Å². The number of nitrogens with zero attached hydrogens (tertiary/aromatic N) is 3. The van der Waals surface area contributed by atoms with Crippen molar-refractivity contribution >= 4 is 16.7 Å². The zero-order chi connectivity index (χ0) is 22.3. The number of aromatic amines is 2. The number of aromatic nitrogens is 4. The van der Waals surface area contributed by atoms with Gasteiger partial charge in [0.1, 0.15) is 5.69 Å². The molecule has 7 nitrogen and oxygen atoms in total. The Bertz CT molecular complexity index is 1070. The summed E-state index contributed by atoms with van der Waals surface area (Å²) in [4.78, 5) is 10.8. The summed E-state index contributed by atoms with van der Waals surface area (Å²) < 4.78 is 0.